The molecule has 6 heteroatoms. The molecule has 0 aromatic heterocycles. The molecule has 0 amide bonds. The molecule has 0 spiro atoms. The van der Waals surface area contributed by atoms with Crippen molar-refractivity contribution >= 4 is 21.6 Å². The summed E-state index contributed by atoms with van der Waals surface area (Å²) in [7, 11) is 0. The van der Waals surface area contributed by atoms with Gasteiger partial charge in [0.15, 0.2) is 0 Å². The van der Waals surface area contributed by atoms with Crippen molar-refractivity contribution in [3.63, 3.8) is 0 Å². The minimum absolute atomic E-state index is 0.0511. The van der Waals surface area contributed by atoms with Crippen LogP contribution in [0, 0.1) is 0 Å². The van der Waals surface area contributed by atoms with Crippen molar-refractivity contribution in [1.29, 1.82) is 0 Å². The van der Waals surface area contributed by atoms with Crippen LogP contribution in [0.25, 0.3) is 0 Å². The van der Waals surface area contributed by atoms with Crippen LogP contribution < -0.4 is 10.6 Å². The quantitative estimate of drug-likeness (QED) is 0.802. The summed E-state index contributed by atoms with van der Waals surface area (Å²) in [6, 6.07) is 5.12. The standard InChI is InChI=1S/C15H22BrF3N2/c1-4-13(20)7-11-5-6-12(16)8-14(11)21(10(2)3)9-15(17,18)19/h5-6,8,10,13H,4,7,9,20H2,1-3H3. The zero-order valence-corrected chi connectivity index (χ0v) is 14.1. The fourth-order valence-electron chi connectivity index (χ4n) is 2.14. The van der Waals surface area contributed by atoms with Gasteiger partial charge in [-0.25, -0.2) is 0 Å². The van der Waals surface area contributed by atoms with Gasteiger partial charge in [-0.05, 0) is 44.4 Å². The van der Waals surface area contributed by atoms with E-state index >= 15 is 0 Å². The van der Waals surface area contributed by atoms with Crippen LogP contribution in [-0.4, -0.2) is 24.8 Å². The van der Waals surface area contributed by atoms with Crippen LogP contribution in [0.5, 0.6) is 0 Å². The summed E-state index contributed by atoms with van der Waals surface area (Å²) < 4.78 is 39.3. The normalized spacial score (nSPS) is 13.6. The molecule has 1 aromatic carbocycles. The van der Waals surface area contributed by atoms with E-state index in [9.17, 15) is 13.2 Å². The first kappa shape index (κ1) is 18.3. The Kier molecular flexibility index (Phi) is 6.53. The number of nitrogens with two attached hydrogens (primary N) is 1. The highest BCUT2D eigenvalue weighted by Gasteiger charge is 2.32. The van der Waals surface area contributed by atoms with E-state index in [4.69, 9.17) is 5.73 Å². The summed E-state index contributed by atoms with van der Waals surface area (Å²) in [6.45, 7) is 4.53. The number of hydrogen-bond acceptors (Lipinski definition) is 2. The third-order valence-corrected chi connectivity index (χ3v) is 3.83. The van der Waals surface area contributed by atoms with E-state index in [2.05, 4.69) is 15.9 Å². The molecule has 0 bridgehead atoms. The molecule has 2 N–H and O–H groups in total. The van der Waals surface area contributed by atoms with Crippen LogP contribution in [0.2, 0.25) is 0 Å². The molecule has 0 saturated heterocycles. The average Bonchev–Trinajstić information content (AvgIpc) is 2.36. The van der Waals surface area contributed by atoms with Gasteiger partial charge in [-0.3, -0.25) is 0 Å². The highest BCUT2D eigenvalue weighted by molar-refractivity contribution is 9.10. The van der Waals surface area contributed by atoms with Crippen molar-refractivity contribution in [3.8, 4) is 0 Å². The molecule has 0 saturated carbocycles. The van der Waals surface area contributed by atoms with Crippen molar-refractivity contribution in [2.75, 3.05) is 11.4 Å². The second kappa shape index (κ2) is 7.49. The van der Waals surface area contributed by atoms with E-state index in [1.165, 1.54) is 4.90 Å². The summed E-state index contributed by atoms with van der Waals surface area (Å²) in [5.74, 6) is 0. The van der Waals surface area contributed by atoms with Crippen molar-refractivity contribution in [3.05, 3.63) is 28.2 Å². The lowest BCUT2D eigenvalue weighted by atomic mass is 10.0. The van der Waals surface area contributed by atoms with E-state index in [-0.39, 0.29) is 12.1 Å². The Labute approximate surface area is 132 Å². The van der Waals surface area contributed by atoms with Crippen LogP contribution in [0.4, 0.5) is 18.9 Å². The molecule has 1 atom stereocenters. The van der Waals surface area contributed by atoms with Gasteiger partial charge in [0, 0.05) is 22.2 Å². The first-order chi connectivity index (χ1) is 9.64. The number of benzene rings is 1. The van der Waals surface area contributed by atoms with Gasteiger partial charge in [0.05, 0.1) is 0 Å². The van der Waals surface area contributed by atoms with Gasteiger partial charge in [0.1, 0.15) is 6.54 Å². The molecule has 0 fully saturated rings. The van der Waals surface area contributed by atoms with Gasteiger partial charge in [-0.2, -0.15) is 13.2 Å². The van der Waals surface area contributed by atoms with Crippen molar-refractivity contribution < 1.29 is 13.2 Å². The second-order valence-electron chi connectivity index (χ2n) is 5.48. The van der Waals surface area contributed by atoms with Gasteiger partial charge in [-0.1, -0.05) is 28.9 Å². The monoisotopic (exact) mass is 366 g/mol. The third kappa shape index (κ3) is 5.87. The largest absolute Gasteiger partial charge is 0.405 e. The average molecular weight is 367 g/mol. The van der Waals surface area contributed by atoms with E-state index < -0.39 is 12.7 Å². The minimum Gasteiger partial charge on any atom is -0.360 e. The molecule has 0 aliphatic carbocycles. The molecule has 2 nitrogen and oxygen atoms in total. The maximum atomic E-state index is 12.8. The summed E-state index contributed by atoms with van der Waals surface area (Å²) >= 11 is 3.34. The smallest absolute Gasteiger partial charge is 0.360 e. The topological polar surface area (TPSA) is 29.3 Å². The Morgan fingerprint density at radius 1 is 1.29 bits per heavy atom. The molecular weight excluding hydrogens is 345 g/mol. The fourth-order valence-corrected chi connectivity index (χ4v) is 2.49. The van der Waals surface area contributed by atoms with Gasteiger partial charge >= 0.3 is 6.18 Å². The minimum atomic E-state index is -4.24. The van der Waals surface area contributed by atoms with E-state index in [1.807, 2.05) is 19.1 Å². The van der Waals surface area contributed by atoms with Gasteiger partial charge < -0.3 is 10.6 Å². The molecule has 120 valence electrons. The first-order valence-corrected chi connectivity index (χ1v) is 7.80. The third-order valence-electron chi connectivity index (χ3n) is 3.34. The van der Waals surface area contributed by atoms with Gasteiger partial charge in [-0.15, -0.1) is 0 Å². The fraction of sp³-hybridized carbons (Fsp3) is 0.600. The van der Waals surface area contributed by atoms with Crippen LogP contribution >= 0.6 is 15.9 Å². The molecule has 1 aromatic rings. The number of halogens is 4. The molecule has 0 radical (unpaired) electrons. The molecule has 0 aliphatic rings. The number of nitrogens with zero attached hydrogens (tertiary/aromatic N) is 1. The van der Waals surface area contributed by atoms with Crippen molar-refractivity contribution in [2.45, 2.75) is 51.9 Å². The Morgan fingerprint density at radius 2 is 1.90 bits per heavy atom. The predicted octanol–water partition coefficient (Wildman–Crippen LogP) is 4.51. The van der Waals surface area contributed by atoms with Gasteiger partial charge in [0.25, 0.3) is 0 Å². The van der Waals surface area contributed by atoms with Crippen molar-refractivity contribution in [1.82, 2.24) is 0 Å². The zero-order valence-electron chi connectivity index (χ0n) is 12.5. The molecular formula is C15H22BrF3N2. The summed E-state index contributed by atoms with van der Waals surface area (Å²) in [5, 5.41) is 0. The lowest BCUT2D eigenvalue weighted by Gasteiger charge is -2.32. The lowest BCUT2D eigenvalue weighted by molar-refractivity contribution is -0.120. The maximum Gasteiger partial charge on any atom is 0.405 e. The molecule has 21 heavy (non-hydrogen) atoms. The summed E-state index contributed by atoms with van der Waals surface area (Å²) in [6.07, 6.45) is -2.88. The van der Waals surface area contributed by atoms with Crippen LogP contribution in [0.1, 0.15) is 32.8 Å². The predicted molar refractivity (Wildman–Crippen MR) is 84.6 cm³/mol. The molecule has 1 unspecified atom stereocenters. The Hall–Kier alpha value is -0.750. The maximum absolute atomic E-state index is 12.8. The highest BCUT2D eigenvalue weighted by Crippen LogP contribution is 2.30. The molecule has 0 heterocycles. The van der Waals surface area contributed by atoms with Crippen molar-refractivity contribution in [2.24, 2.45) is 5.73 Å². The number of alkyl halides is 3. The van der Waals surface area contributed by atoms with Gasteiger partial charge in [0.2, 0.25) is 0 Å². The van der Waals surface area contributed by atoms with E-state index in [0.717, 1.165) is 16.5 Å². The van der Waals surface area contributed by atoms with E-state index in [1.54, 1.807) is 19.9 Å². The summed E-state index contributed by atoms with van der Waals surface area (Å²) in [5.41, 5.74) is 7.41. The van der Waals surface area contributed by atoms with E-state index in [0.29, 0.717) is 12.1 Å². The number of anilines is 1. The Balaban J connectivity index is 3.19. The molecule has 1 rings (SSSR count). The summed E-state index contributed by atoms with van der Waals surface area (Å²) in [4.78, 5) is 1.38. The van der Waals surface area contributed by atoms with Crippen LogP contribution in [-0.2, 0) is 6.42 Å². The van der Waals surface area contributed by atoms with Crippen LogP contribution in [0.3, 0.4) is 0 Å². The second-order valence-corrected chi connectivity index (χ2v) is 6.40. The number of rotatable bonds is 6. The molecule has 0 aliphatic heterocycles. The number of hydrogen-bond donors (Lipinski definition) is 1. The first-order valence-electron chi connectivity index (χ1n) is 7.01. The highest BCUT2D eigenvalue weighted by atomic mass is 79.9. The SMILES string of the molecule is CCC(N)Cc1ccc(Br)cc1N(CC(F)(F)F)C(C)C. The Bertz CT molecular complexity index is 461. The Morgan fingerprint density at radius 3 is 2.38 bits per heavy atom. The lowest BCUT2D eigenvalue weighted by Crippen LogP contribution is -2.40. The zero-order chi connectivity index (χ0) is 16.2. The van der Waals surface area contributed by atoms with Crippen LogP contribution in [0.15, 0.2) is 22.7 Å².